The number of benzene rings is 1. The van der Waals surface area contributed by atoms with Gasteiger partial charge in [0.05, 0.1) is 12.2 Å². The summed E-state index contributed by atoms with van der Waals surface area (Å²) in [5, 5.41) is 8.33. The van der Waals surface area contributed by atoms with Gasteiger partial charge in [-0.1, -0.05) is 31.5 Å². The first-order chi connectivity index (χ1) is 9.95. The summed E-state index contributed by atoms with van der Waals surface area (Å²) < 4.78 is 14.9. The number of hydrogen-bond acceptors (Lipinski definition) is 2. The SMILES string of the molecule is Cc1nn(Cc2ccc(F)cc2Cl)cc1CNCC(C)C. The van der Waals surface area contributed by atoms with Gasteiger partial charge in [-0.15, -0.1) is 0 Å². The van der Waals surface area contributed by atoms with Crippen molar-refractivity contribution in [3.8, 4) is 0 Å². The predicted octanol–water partition coefficient (Wildman–Crippen LogP) is 3.78. The molecule has 0 saturated heterocycles. The maximum absolute atomic E-state index is 13.0. The van der Waals surface area contributed by atoms with Crippen LogP contribution in [0.1, 0.15) is 30.7 Å². The van der Waals surface area contributed by atoms with Gasteiger partial charge in [0.25, 0.3) is 0 Å². The minimum atomic E-state index is -0.320. The molecule has 2 aromatic rings. The van der Waals surface area contributed by atoms with Gasteiger partial charge in [0, 0.05) is 23.3 Å². The molecule has 0 atom stereocenters. The quantitative estimate of drug-likeness (QED) is 0.880. The number of nitrogens with zero attached hydrogens (tertiary/aromatic N) is 2. The highest BCUT2D eigenvalue weighted by Gasteiger charge is 2.08. The number of nitrogens with one attached hydrogen (secondary N) is 1. The molecule has 1 heterocycles. The van der Waals surface area contributed by atoms with Gasteiger partial charge in [0.2, 0.25) is 0 Å². The molecule has 2 rings (SSSR count). The molecule has 3 nitrogen and oxygen atoms in total. The molecule has 1 N–H and O–H groups in total. The van der Waals surface area contributed by atoms with E-state index in [1.54, 1.807) is 6.07 Å². The molecule has 114 valence electrons. The van der Waals surface area contributed by atoms with Crippen molar-refractivity contribution in [1.82, 2.24) is 15.1 Å². The Bertz CT molecular complexity index is 608. The minimum Gasteiger partial charge on any atom is -0.312 e. The molecule has 0 aliphatic heterocycles. The lowest BCUT2D eigenvalue weighted by Gasteiger charge is -2.06. The van der Waals surface area contributed by atoms with E-state index in [2.05, 4.69) is 24.3 Å². The highest BCUT2D eigenvalue weighted by atomic mass is 35.5. The first-order valence-electron chi connectivity index (χ1n) is 7.13. The van der Waals surface area contributed by atoms with Crippen LogP contribution in [0.2, 0.25) is 5.02 Å². The Labute approximate surface area is 130 Å². The van der Waals surface area contributed by atoms with E-state index in [0.29, 0.717) is 17.5 Å². The molecule has 0 unspecified atom stereocenters. The smallest absolute Gasteiger partial charge is 0.124 e. The molecular weight excluding hydrogens is 289 g/mol. The number of aromatic nitrogens is 2. The van der Waals surface area contributed by atoms with E-state index >= 15 is 0 Å². The zero-order valence-corrected chi connectivity index (χ0v) is 13.4. The summed E-state index contributed by atoms with van der Waals surface area (Å²) in [5.74, 6) is 0.303. The lowest BCUT2D eigenvalue weighted by molar-refractivity contribution is 0.551. The van der Waals surface area contributed by atoms with Crippen LogP contribution in [0.4, 0.5) is 4.39 Å². The summed E-state index contributed by atoms with van der Waals surface area (Å²) in [6.45, 7) is 8.69. The van der Waals surface area contributed by atoms with Crippen LogP contribution in [0.25, 0.3) is 0 Å². The van der Waals surface area contributed by atoms with Crippen molar-refractivity contribution in [3.63, 3.8) is 0 Å². The van der Waals surface area contributed by atoms with E-state index in [4.69, 9.17) is 11.6 Å². The van der Waals surface area contributed by atoms with E-state index in [1.807, 2.05) is 17.8 Å². The monoisotopic (exact) mass is 309 g/mol. The van der Waals surface area contributed by atoms with Crippen molar-refractivity contribution in [2.45, 2.75) is 33.9 Å². The van der Waals surface area contributed by atoms with E-state index in [1.165, 1.54) is 17.7 Å². The van der Waals surface area contributed by atoms with Crippen molar-refractivity contribution in [3.05, 3.63) is 52.1 Å². The Morgan fingerprint density at radius 3 is 2.76 bits per heavy atom. The van der Waals surface area contributed by atoms with Gasteiger partial charge in [0.1, 0.15) is 5.82 Å². The minimum absolute atomic E-state index is 0.320. The summed E-state index contributed by atoms with van der Waals surface area (Å²) in [4.78, 5) is 0. The first kappa shape index (κ1) is 16.0. The Kier molecular flexibility index (Phi) is 5.37. The molecule has 0 amide bonds. The maximum Gasteiger partial charge on any atom is 0.124 e. The van der Waals surface area contributed by atoms with Gasteiger partial charge in [-0.05, 0) is 37.1 Å². The summed E-state index contributed by atoms with van der Waals surface area (Å²) >= 11 is 6.05. The number of aryl methyl sites for hydroxylation is 1. The van der Waals surface area contributed by atoms with Gasteiger partial charge in [-0.3, -0.25) is 4.68 Å². The second-order valence-electron chi connectivity index (χ2n) is 5.70. The largest absolute Gasteiger partial charge is 0.312 e. The lowest BCUT2D eigenvalue weighted by Crippen LogP contribution is -2.19. The third-order valence-corrected chi connectivity index (χ3v) is 3.62. The maximum atomic E-state index is 13.0. The zero-order valence-electron chi connectivity index (χ0n) is 12.7. The Balaban J connectivity index is 2.04. The first-order valence-corrected chi connectivity index (χ1v) is 7.51. The zero-order chi connectivity index (χ0) is 15.4. The molecule has 21 heavy (non-hydrogen) atoms. The highest BCUT2D eigenvalue weighted by molar-refractivity contribution is 6.31. The van der Waals surface area contributed by atoms with Crippen molar-refractivity contribution < 1.29 is 4.39 Å². The van der Waals surface area contributed by atoms with Crippen molar-refractivity contribution in [1.29, 1.82) is 0 Å². The van der Waals surface area contributed by atoms with Gasteiger partial charge in [0.15, 0.2) is 0 Å². The molecule has 1 aromatic carbocycles. The van der Waals surface area contributed by atoms with Crippen LogP contribution in [0.3, 0.4) is 0 Å². The summed E-state index contributed by atoms with van der Waals surface area (Å²) in [7, 11) is 0. The fourth-order valence-electron chi connectivity index (χ4n) is 2.13. The normalized spacial score (nSPS) is 11.3. The molecule has 0 spiro atoms. The number of halogens is 2. The van der Waals surface area contributed by atoms with Crippen LogP contribution in [-0.2, 0) is 13.1 Å². The van der Waals surface area contributed by atoms with Gasteiger partial charge in [-0.25, -0.2) is 4.39 Å². The Morgan fingerprint density at radius 2 is 2.10 bits per heavy atom. The number of rotatable bonds is 6. The molecule has 0 aliphatic rings. The molecular formula is C16H21ClFN3. The summed E-state index contributed by atoms with van der Waals surface area (Å²) in [6, 6.07) is 4.45. The molecule has 5 heteroatoms. The van der Waals surface area contributed by atoms with Crippen LogP contribution >= 0.6 is 11.6 Å². The van der Waals surface area contributed by atoms with E-state index in [0.717, 1.165) is 24.3 Å². The topological polar surface area (TPSA) is 29.9 Å². The van der Waals surface area contributed by atoms with Crippen LogP contribution in [0.15, 0.2) is 24.4 Å². The fourth-order valence-corrected chi connectivity index (χ4v) is 2.36. The Hall–Kier alpha value is -1.39. The third kappa shape index (κ3) is 4.55. The van der Waals surface area contributed by atoms with Crippen molar-refractivity contribution in [2.24, 2.45) is 5.92 Å². The predicted molar refractivity (Wildman–Crippen MR) is 84.0 cm³/mol. The van der Waals surface area contributed by atoms with E-state index in [-0.39, 0.29) is 5.82 Å². The van der Waals surface area contributed by atoms with Crippen molar-refractivity contribution in [2.75, 3.05) is 6.54 Å². The van der Waals surface area contributed by atoms with Crippen LogP contribution in [0, 0.1) is 18.7 Å². The van der Waals surface area contributed by atoms with Gasteiger partial charge < -0.3 is 5.32 Å². The van der Waals surface area contributed by atoms with E-state index in [9.17, 15) is 4.39 Å². The van der Waals surface area contributed by atoms with Gasteiger partial charge in [-0.2, -0.15) is 5.10 Å². The second kappa shape index (κ2) is 7.05. The summed E-state index contributed by atoms with van der Waals surface area (Å²) in [6.07, 6.45) is 2.02. The Morgan fingerprint density at radius 1 is 1.33 bits per heavy atom. The van der Waals surface area contributed by atoms with Crippen LogP contribution in [-0.4, -0.2) is 16.3 Å². The molecule has 0 fully saturated rings. The molecule has 1 aromatic heterocycles. The second-order valence-corrected chi connectivity index (χ2v) is 6.11. The molecule has 0 saturated carbocycles. The van der Waals surface area contributed by atoms with E-state index < -0.39 is 0 Å². The highest BCUT2D eigenvalue weighted by Crippen LogP contribution is 2.18. The lowest BCUT2D eigenvalue weighted by atomic mass is 10.2. The average Bonchev–Trinajstić information content (AvgIpc) is 2.73. The molecule has 0 bridgehead atoms. The number of hydrogen-bond donors (Lipinski definition) is 1. The third-order valence-electron chi connectivity index (χ3n) is 3.26. The van der Waals surface area contributed by atoms with Crippen molar-refractivity contribution >= 4 is 11.6 Å². The fraction of sp³-hybridized carbons (Fsp3) is 0.438. The van der Waals surface area contributed by atoms with Crippen LogP contribution < -0.4 is 5.32 Å². The molecule has 0 aliphatic carbocycles. The van der Waals surface area contributed by atoms with Gasteiger partial charge >= 0.3 is 0 Å². The average molecular weight is 310 g/mol. The molecule has 0 radical (unpaired) electrons. The van der Waals surface area contributed by atoms with Crippen LogP contribution in [0.5, 0.6) is 0 Å². The standard InChI is InChI=1S/C16H21ClFN3/c1-11(2)7-19-8-14-10-21(20-12(14)3)9-13-4-5-15(18)6-16(13)17/h4-6,10-11,19H,7-9H2,1-3H3. The summed E-state index contributed by atoms with van der Waals surface area (Å²) in [5.41, 5.74) is 3.04.